The van der Waals surface area contributed by atoms with E-state index in [-0.39, 0.29) is 5.54 Å². The van der Waals surface area contributed by atoms with E-state index in [1.54, 1.807) is 30.2 Å². The molecule has 3 aromatic carbocycles. The molecular weight excluding hydrogens is 384 g/mol. The molecule has 0 amide bonds. The van der Waals surface area contributed by atoms with Gasteiger partial charge < -0.3 is 10.1 Å². The molecule has 3 nitrogen and oxygen atoms in total. The monoisotopic (exact) mass is 406 g/mol. The lowest BCUT2D eigenvalue weighted by atomic mass is 9.93. The van der Waals surface area contributed by atoms with Gasteiger partial charge in [-0.05, 0) is 48.9 Å². The average molecular weight is 407 g/mol. The molecule has 0 aliphatic rings. The average Bonchev–Trinajstić information content (AvgIpc) is 3.17. The van der Waals surface area contributed by atoms with Gasteiger partial charge in [0.05, 0.1) is 22.9 Å². The number of thiazole rings is 1. The molecule has 0 spiro atoms. The Balaban J connectivity index is 1.58. The molecule has 5 heteroatoms. The summed E-state index contributed by atoms with van der Waals surface area (Å²) in [5.74, 6) is 1.72. The number of nitrogens with zero attached hydrogens (tertiary/aromatic N) is 1. The van der Waals surface area contributed by atoms with Crippen molar-refractivity contribution in [3.05, 3.63) is 84.4 Å². The summed E-state index contributed by atoms with van der Waals surface area (Å²) in [6.07, 6.45) is 0. The quantitative estimate of drug-likeness (QED) is 0.359. The van der Waals surface area contributed by atoms with Gasteiger partial charge in [-0.3, -0.25) is 0 Å². The molecule has 1 heterocycles. The van der Waals surface area contributed by atoms with Gasteiger partial charge in [0.1, 0.15) is 5.75 Å². The fourth-order valence-electron chi connectivity index (χ4n) is 3.11. The van der Waals surface area contributed by atoms with Gasteiger partial charge in [-0.15, -0.1) is 11.3 Å². The highest BCUT2D eigenvalue weighted by Crippen LogP contribution is 2.36. The van der Waals surface area contributed by atoms with E-state index in [1.165, 1.54) is 10.3 Å². The molecule has 0 radical (unpaired) electrons. The minimum absolute atomic E-state index is 0.238. The van der Waals surface area contributed by atoms with Crippen molar-refractivity contribution in [2.75, 3.05) is 18.2 Å². The van der Waals surface area contributed by atoms with Crippen molar-refractivity contribution in [3.8, 4) is 5.75 Å². The lowest BCUT2D eigenvalue weighted by Crippen LogP contribution is -2.34. The molecule has 0 saturated heterocycles. The molecule has 0 fully saturated rings. The van der Waals surface area contributed by atoms with Gasteiger partial charge in [0.15, 0.2) is 4.34 Å². The first-order chi connectivity index (χ1) is 13.7. The number of rotatable bonds is 7. The molecule has 0 aliphatic heterocycles. The van der Waals surface area contributed by atoms with Crippen molar-refractivity contribution in [2.24, 2.45) is 0 Å². The van der Waals surface area contributed by atoms with E-state index in [2.05, 4.69) is 72.9 Å². The Morgan fingerprint density at radius 3 is 2.39 bits per heavy atom. The van der Waals surface area contributed by atoms with Gasteiger partial charge in [-0.25, -0.2) is 4.98 Å². The molecule has 142 valence electrons. The van der Waals surface area contributed by atoms with E-state index in [0.717, 1.165) is 27.0 Å². The SMILES string of the molecule is COc1ccc(NC(C)(CSc2nc3ccccc3s2)c2ccccc2)cc1. The van der Waals surface area contributed by atoms with Crippen LogP contribution in [0.4, 0.5) is 5.69 Å². The first-order valence-electron chi connectivity index (χ1n) is 9.12. The van der Waals surface area contributed by atoms with Gasteiger partial charge in [0, 0.05) is 11.4 Å². The molecule has 28 heavy (non-hydrogen) atoms. The van der Waals surface area contributed by atoms with Gasteiger partial charge >= 0.3 is 0 Å². The molecule has 0 aliphatic carbocycles. The summed E-state index contributed by atoms with van der Waals surface area (Å²) in [7, 11) is 1.69. The van der Waals surface area contributed by atoms with E-state index >= 15 is 0 Å². The highest BCUT2D eigenvalue weighted by Gasteiger charge is 2.27. The summed E-state index contributed by atoms with van der Waals surface area (Å²) in [5.41, 5.74) is 3.15. The van der Waals surface area contributed by atoms with E-state index in [1.807, 2.05) is 18.2 Å². The number of para-hydroxylation sites is 1. The topological polar surface area (TPSA) is 34.1 Å². The Kier molecular flexibility index (Phi) is 5.55. The van der Waals surface area contributed by atoms with Crippen LogP contribution in [0, 0.1) is 0 Å². The normalized spacial score (nSPS) is 13.2. The largest absolute Gasteiger partial charge is 0.497 e. The van der Waals surface area contributed by atoms with Crippen LogP contribution in [0.5, 0.6) is 5.75 Å². The Morgan fingerprint density at radius 2 is 1.68 bits per heavy atom. The first-order valence-corrected chi connectivity index (χ1v) is 10.9. The number of ether oxygens (including phenoxy) is 1. The summed E-state index contributed by atoms with van der Waals surface area (Å²) in [4.78, 5) is 4.78. The number of hydrogen-bond donors (Lipinski definition) is 1. The molecule has 1 aromatic heterocycles. The summed E-state index contributed by atoms with van der Waals surface area (Å²) in [6, 6.07) is 27.0. The number of fused-ring (bicyclic) bond motifs is 1. The molecule has 1 unspecified atom stereocenters. The van der Waals surface area contributed by atoms with Gasteiger partial charge in [-0.2, -0.15) is 0 Å². The van der Waals surface area contributed by atoms with E-state index in [9.17, 15) is 0 Å². The van der Waals surface area contributed by atoms with Gasteiger partial charge in [0.25, 0.3) is 0 Å². The summed E-state index contributed by atoms with van der Waals surface area (Å²) in [5, 5.41) is 3.73. The van der Waals surface area contributed by atoms with Crippen LogP contribution in [0.2, 0.25) is 0 Å². The van der Waals surface area contributed by atoms with Crippen molar-refractivity contribution in [2.45, 2.75) is 16.8 Å². The second-order valence-electron chi connectivity index (χ2n) is 6.79. The predicted molar refractivity (Wildman–Crippen MR) is 121 cm³/mol. The molecule has 0 saturated carbocycles. The smallest absolute Gasteiger partial charge is 0.151 e. The van der Waals surface area contributed by atoms with Crippen molar-refractivity contribution in [3.63, 3.8) is 0 Å². The van der Waals surface area contributed by atoms with Crippen molar-refractivity contribution < 1.29 is 4.74 Å². The Hall–Kier alpha value is -2.50. The van der Waals surface area contributed by atoms with Crippen LogP contribution in [0.1, 0.15) is 12.5 Å². The number of aromatic nitrogens is 1. The Morgan fingerprint density at radius 1 is 0.964 bits per heavy atom. The van der Waals surface area contributed by atoms with Crippen LogP contribution in [0.3, 0.4) is 0 Å². The molecule has 4 aromatic rings. The zero-order valence-electron chi connectivity index (χ0n) is 15.9. The zero-order valence-corrected chi connectivity index (χ0v) is 17.5. The predicted octanol–water partition coefficient (Wildman–Crippen LogP) is 6.42. The maximum Gasteiger partial charge on any atom is 0.151 e. The lowest BCUT2D eigenvalue weighted by molar-refractivity contribution is 0.415. The number of hydrogen-bond acceptors (Lipinski definition) is 5. The molecule has 1 atom stereocenters. The third kappa shape index (κ3) is 4.16. The van der Waals surface area contributed by atoms with Crippen molar-refractivity contribution in [1.29, 1.82) is 0 Å². The Labute approximate surface area is 173 Å². The fraction of sp³-hybridized carbons (Fsp3) is 0.174. The van der Waals surface area contributed by atoms with Crippen molar-refractivity contribution in [1.82, 2.24) is 4.98 Å². The second-order valence-corrected chi connectivity index (χ2v) is 9.04. The molecule has 4 rings (SSSR count). The fourth-order valence-corrected chi connectivity index (χ4v) is 5.30. The van der Waals surface area contributed by atoms with Crippen molar-refractivity contribution >= 4 is 39.0 Å². The number of nitrogens with one attached hydrogen (secondary N) is 1. The number of anilines is 1. The minimum atomic E-state index is -0.238. The van der Waals surface area contributed by atoms with E-state index < -0.39 is 0 Å². The van der Waals surface area contributed by atoms with E-state index in [0.29, 0.717) is 0 Å². The summed E-state index contributed by atoms with van der Waals surface area (Å²) >= 11 is 3.55. The third-order valence-electron chi connectivity index (χ3n) is 4.68. The highest BCUT2D eigenvalue weighted by molar-refractivity contribution is 8.01. The summed E-state index contributed by atoms with van der Waals surface area (Å²) in [6.45, 7) is 2.24. The van der Waals surface area contributed by atoms with Crippen LogP contribution in [-0.2, 0) is 5.54 Å². The number of benzene rings is 3. The Bertz CT molecular complexity index is 1010. The van der Waals surface area contributed by atoms with Crippen LogP contribution in [0.15, 0.2) is 83.2 Å². The highest BCUT2D eigenvalue weighted by atomic mass is 32.2. The maximum absolute atomic E-state index is 5.28. The van der Waals surface area contributed by atoms with Crippen LogP contribution in [-0.4, -0.2) is 17.8 Å². The molecule has 1 N–H and O–H groups in total. The maximum atomic E-state index is 5.28. The number of thioether (sulfide) groups is 1. The zero-order chi connectivity index (χ0) is 19.4. The van der Waals surface area contributed by atoms with Crippen LogP contribution in [0.25, 0.3) is 10.2 Å². The molecular formula is C23H22N2OS2. The first kappa shape index (κ1) is 18.8. The van der Waals surface area contributed by atoms with Gasteiger partial charge in [0.2, 0.25) is 0 Å². The summed E-state index contributed by atoms with van der Waals surface area (Å²) < 4.78 is 7.61. The van der Waals surface area contributed by atoms with E-state index in [4.69, 9.17) is 9.72 Å². The lowest BCUT2D eigenvalue weighted by Gasteiger charge is -2.32. The van der Waals surface area contributed by atoms with Gasteiger partial charge in [-0.1, -0.05) is 54.2 Å². The molecule has 0 bridgehead atoms. The van der Waals surface area contributed by atoms with Crippen LogP contribution < -0.4 is 10.1 Å². The standard InChI is InChI=1S/C23H22N2OS2/c1-23(17-8-4-3-5-9-17,25-18-12-14-19(26-2)15-13-18)16-27-22-24-20-10-6-7-11-21(20)28-22/h3-15,25H,16H2,1-2H3. The minimum Gasteiger partial charge on any atom is -0.497 e. The third-order valence-corrected chi connectivity index (χ3v) is 7.17. The second kappa shape index (κ2) is 8.25. The number of methoxy groups -OCH3 is 1. The van der Waals surface area contributed by atoms with Crippen LogP contribution >= 0.6 is 23.1 Å².